The number of hydrogen-bond acceptors (Lipinski definition) is 5. The summed E-state index contributed by atoms with van der Waals surface area (Å²) in [5.74, 6) is 0.829. The van der Waals surface area contributed by atoms with Gasteiger partial charge in [0.25, 0.3) is 0 Å². The van der Waals surface area contributed by atoms with Gasteiger partial charge in [0, 0.05) is 24.8 Å². The lowest BCUT2D eigenvalue weighted by Gasteiger charge is -2.21. The summed E-state index contributed by atoms with van der Waals surface area (Å²) in [7, 11) is 0. The van der Waals surface area contributed by atoms with E-state index in [1.807, 2.05) is 34.5 Å². The number of thiophene rings is 1. The Hall–Kier alpha value is -1.92. The minimum Gasteiger partial charge on any atom is -0.355 e. The summed E-state index contributed by atoms with van der Waals surface area (Å²) < 4.78 is 7.39. The van der Waals surface area contributed by atoms with Crippen LogP contribution in [0.5, 0.6) is 0 Å². The molecule has 0 bridgehead atoms. The fourth-order valence-corrected chi connectivity index (χ4v) is 2.92. The molecule has 5 nitrogen and oxygen atoms in total. The van der Waals surface area contributed by atoms with Crippen molar-refractivity contribution in [2.24, 2.45) is 0 Å². The van der Waals surface area contributed by atoms with Crippen LogP contribution in [0, 0.1) is 6.92 Å². The molecular weight excluding hydrogens is 296 g/mol. The molecule has 0 aliphatic carbocycles. The topological polar surface area (TPSA) is 55.9 Å². The number of aromatic nitrogens is 3. The van der Waals surface area contributed by atoms with Gasteiger partial charge in [-0.2, -0.15) is 5.10 Å². The molecule has 1 N–H and O–H groups in total. The van der Waals surface area contributed by atoms with Gasteiger partial charge in [-0.15, -0.1) is 11.3 Å². The van der Waals surface area contributed by atoms with Crippen LogP contribution in [0.2, 0.25) is 0 Å². The molecule has 3 rings (SSSR count). The second-order valence-electron chi connectivity index (χ2n) is 5.57. The van der Waals surface area contributed by atoms with E-state index in [9.17, 15) is 0 Å². The number of nitrogens with zero attached hydrogens (tertiary/aromatic N) is 3. The molecule has 3 aromatic heterocycles. The van der Waals surface area contributed by atoms with Crippen molar-refractivity contribution >= 4 is 11.3 Å². The van der Waals surface area contributed by atoms with Crippen molar-refractivity contribution in [3.8, 4) is 10.6 Å². The summed E-state index contributed by atoms with van der Waals surface area (Å²) in [6.45, 7) is 7.04. The van der Waals surface area contributed by atoms with Gasteiger partial charge in [-0.1, -0.05) is 11.2 Å². The van der Waals surface area contributed by atoms with Gasteiger partial charge >= 0.3 is 0 Å². The predicted octanol–water partition coefficient (Wildman–Crippen LogP) is 3.65. The van der Waals surface area contributed by atoms with Crippen LogP contribution in [0.15, 0.2) is 40.5 Å². The molecule has 0 saturated carbocycles. The first kappa shape index (κ1) is 15.0. The Labute approximate surface area is 133 Å². The SMILES string of the molecule is Cc1cnn([C@@H](C)[C@@H](C)NCc2cc(-c3cccs3)on2)c1. The molecule has 3 aromatic rings. The highest BCUT2D eigenvalue weighted by molar-refractivity contribution is 7.13. The van der Waals surface area contributed by atoms with Crippen molar-refractivity contribution in [1.82, 2.24) is 20.3 Å². The summed E-state index contributed by atoms with van der Waals surface area (Å²) in [6.07, 6.45) is 3.95. The smallest absolute Gasteiger partial charge is 0.177 e. The maximum absolute atomic E-state index is 5.39. The molecular formula is C16H20N4OS. The van der Waals surface area contributed by atoms with Crippen molar-refractivity contribution in [3.63, 3.8) is 0 Å². The summed E-state index contributed by atoms with van der Waals surface area (Å²) in [5.41, 5.74) is 2.09. The monoisotopic (exact) mass is 316 g/mol. The second kappa shape index (κ2) is 6.46. The van der Waals surface area contributed by atoms with E-state index in [2.05, 4.69) is 42.5 Å². The van der Waals surface area contributed by atoms with E-state index in [-0.39, 0.29) is 12.1 Å². The molecule has 3 heterocycles. The standard InChI is InChI=1S/C16H20N4OS/c1-11-8-18-20(10-11)13(3)12(2)17-9-14-7-15(21-19-14)16-5-4-6-22-16/h4-8,10,12-13,17H,9H2,1-3H3/t12-,13+/m1/s1. The highest BCUT2D eigenvalue weighted by Gasteiger charge is 2.15. The lowest BCUT2D eigenvalue weighted by atomic mass is 10.1. The Bertz CT molecular complexity index is 716. The van der Waals surface area contributed by atoms with E-state index >= 15 is 0 Å². The Morgan fingerprint density at radius 1 is 1.41 bits per heavy atom. The minimum absolute atomic E-state index is 0.275. The lowest BCUT2D eigenvalue weighted by Crippen LogP contribution is -2.33. The highest BCUT2D eigenvalue weighted by Crippen LogP contribution is 2.25. The van der Waals surface area contributed by atoms with Crippen LogP contribution in [0.1, 0.15) is 31.1 Å². The Kier molecular flexibility index (Phi) is 4.40. The van der Waals surface area contributed by atoms with Gasteiger partial charge in [0.2, 0.25) is 0 Å². The van der Waals surface area contributed by atoms with Crippen molar-refractivity contribution in [3.05, 3.63) is 47.2 Å². The fraction of sp³-hybridized carbons (Fsp3) is 0.375. The van der Waals surface area contributed by atoms with Gasteiger partial charge in [-0.3, -0.25) is 4.68 Å². The van der Waals surface area contributed by atoms with Crippen molar-refractivity contribution < 1.29 is 4.52 Å². The number of aryl methyl sites for hydroxylation is 1. The molecule has 2 atom stereocenters. The first-order valence-corrected chi connectivity index (χ1v) is 8.25. The second-order valence-corrected chi connectivity index (χ2v) is 6.52. The Balaban J connectivity index is 1.58. The molecule has 0 saturated heterocycles. The third-order valence-corrected chi connectivity index (χ3v) is 4.68. The van der Waals surface area contributed by atoms with Crippen molar-refractivity contribution in [1.29, 1.82) is 0 Å². The van der Waals surface area contributed by atoms with Crippen molar-refractivity contribution in [2.45, 2.75) is 39.4 Å². The zero-order valence-corrected chi connectivity index (χ0v) is 13.8. The minimum atomic E-state index is 0.275. The quantitative estimate of drug-likeness (QED) is 0.754. The maximum Gasteiger partial charge on any atom is 0.177 e. The number of rotatable bonds is 6. The third kappa shape index (κ3) is 3.28. The Morgan fingerprint density at radius 2 is 2.27 bits per heavy atom. The van der Waals surface area contributed by atoms with Crippen LogP contribution < -0.4 is 5.32 Å². The summed E-state index contributed by atoms with van der Waals surface area (Å²) >= 11 is 1.65. The summed E-state index contributed by atoms with van der Waals surface area (Å²) in [5, 5.41) is 14.0. The van der Waals surface area contributed by atoms with E-state index in [1.54, 1.807) is 11.3 Å². The summed E-state index contributed by atoms with van der Waals surface area (Å²) in [6, 6.07) is 6.59. The van der Waals surface area contributed by atoms with E-state index in [0.29, 0.717) is 6.54 Å². The number of nitrogens with one attached hydrogen (secondary N) is 1. The van der Waals surface area contributed by atoms with Gasteiger partial charge in [0.05, 0.1) is 22.8 Å². The van der Waals surface area contributed by atoms with E-state index in [1.165, 1.54) is 5.56 Å². The van der Waals surface area contributed by atoms with Gasteiger partial charge in [-0.25, -0.2) is 0 Å². The maximum atomic E-state index is 5.39. The molecule has 0 aliphatic rings. The highest BCUT2D eigenvalue weighted by atomic mass is 32.1. The molecule has 0 radical (unpaired) electrons. The van der Waals surface area contributed by atoms with E-state index in [0.717, 1.165) is 16.3 Å². The lowest BCUT2D eigenvalue weighted by molar-refractivity contribution is 0.357. The average Bonchev–Trinajstić information content (AvgIpc) is 3.24. The van der Waals surface area contributed by atoms with E-state index < -0.39 is 0 Å². The largest absolute Gasteiger partial charge is 0.355 e. The van der Waals surface area contributed by atoms with Gasteiger partial charge in [0.15, 0.2) is 5.76 Å². The first-order valence-electron chi connectivity index (χ1n) is 7.37. The third-order valence-electron chi connectivity index (χ3n) is 3.80. The molecule has 116 valence electrons. The molecule has 0 fully saturated rings. The van der Waals surface area contributed by atoms with Crippen molar-refractivity contribution in [2.75, 3.05) is 0 Å². The molecule has 0 aromatic carbocycles. The van der Waals surface area contributed by atoms with Gasteiger partial charge < -0.3 is 9.84 Å². The van der Waals surface area contributed by atoms with Crippen LogP contribution >= 0.6 is 11.3 Å². The molecule has 6 heteroatoms. The van der Waals surface area contributed by atoms with E-state index in [4.69, 9.17) is 4.52 Å². The first-order chi connectivity index (χ1) is 10.6. The Morgan fingerprint density at radius 3 is 2.95 bits per heavy atom. The van der Waals surface area contributed by atoms with Crippen LogP contribution in [0.25, 0.3) is 10.6 Å². The zero-order chi connectivity index (χ0) is 15.5. The molecule has 22 heavy (non-hydrogen) atoms. The fourth-order valence-electron chi connectivity index (χ4n) is 2.25. The summed E-state index contributed by atoms with van der Waals surface area (Å²) in [4.78, 5) is 1.10. The van der Waals surface area contributed by atoms with Crippen LogP contribution in [-0.4, -0.2) is 21.0 Å². The molecule has 0 aliphatic heterocycles. The van der Waals surface area contributed by atoms with Gasteiger partial charge in [0.1, 0.15) is 0 Å². The molecule has 0 spiro atoms. The average molecular weight is 316 g/mol. The normalized spacial score (nSPS) is 14.1. The molecule has 0 amide bonds. The number of hydrogen-bond donors (Lipinski definition) is 1. The van der Waals surface area contributed by atoms with Crippen LogP contribution in [-0.2, 0) is 6.54 Å². The van der Waals surface area contributed by atoms with Crippen LogP contribution in [0.4, 0.5) is 0 Å². The zero-order valence-electron chi connectivity index (χ0n) is 13.0. The van der Waals surface area contributed by atoms with Crippen LogP contribution in [0.3, 0.4) is 0 Å². The van der Waals surface area contributed by atoms with Gasteiger partial charge in [-0.05, 0) is 37.8 Å². The predicted molar refractivity (Wildman–Crippen MR) is 87.8 cm³/mol. The molecule has 0 unspecified atom stereocenters.